The van der Waals surface area contributed by atoms with Crippen molar-refractivity contribution in [3.05, 3.63) is 0 Å². The Labute approximate surface area is 74.3 Å². The second kappa shape index (κ2) is 3.81. The van der Waals surface area contributed by atoms with Gasteiger partial charge < -0.3 is 5.32 Å². The molecular formula is C9H19NS. The minimum Gasteiger partial charge on any atom is -0.302 e. The Morgan fingerprint density at radius 3 is 2.64 bits per heavy atom. The molecule has 1 N–H and O–H groups in total. The van der Waals surface area contributed by atoms with Crippen LogP contribution in [0.1, 0.15) is 40.0 Å². The van der Waals surface area contributed by atoms with Gasteiger partial charge >= 0.3 is 0 Å². The highest BCUT2D eigenvalue weighted by Gasteiger charge is 2.34. The Hall–Kier alpha value is 0.310. The zero-order valence-electron chi connectivity index (χ0n) is 7.81. The van der Waals surface area contributed by atoms with Crippen LogP contribution in [0.3, 0.4) is 0 Å². The summed E-state index contributed by atoms with van der Waals surface area (Å²) in [5, 5.41) is 4.44. The molecule has 2 atom stereocenters. The van der Waals surface area contributed by atoms with E-state index in [1.165, 1.54) is 25.8 Å². The molecule has 0 radical (unpaired) electrons. The molecule has 0 saturated carbocycles. The molecule has 1 saturated heterocycles. The highest BCUT2D eigenvalue weighted by atomic mass is 32.2. The van der Waals surface area contributed by atoms with Gasteiger partial charge in [0.2, 0.25) is 0 Å². The van der Waals surface area contributed by atoms with Crippen LogP contribution < -0.4 is 5.32 Å². The Balaban J connectivity index is 2.48. The van der Waals surface area contributed by atoms with E-state index in [1.807, 2.05) is 0 Å². The maximum Gasteiger partial charge on any atom is 0.0646 e. The molecule has 0 aromatic rings. The first kappa shape index (κ1) is 9.40. The van der Waals surface area contributed by atoms with Crippen LogP contribution >= 0.6 is 11.8 Å². The normalized spacial score (nSPS) is 37.9. The van der Waals surface area contributed by atoms with Crippen LogP contribution in [0.5, 0.6) is 0 Å². The molecule has 11 heavy (non-hydrogen) atoms. The van der Waals surface area contributed by atoms with Gasteiger partial charge in [0, 0.05) is 11.8 Å². The van der Waals surface area contributed by atoms with Crippen molar-refractivity contribution in [2.45, 2.75) is 50.2 Å². The summed E-state index contributed by atoms with van der Waals surface area (Å²) in [4.78, 5) is 0.425. The molecule has 1 heterocycles. The molecule has 1 aliphatic heterocycles. The molecule has 2 unspecified atom stereocenters. The predicted molar refractivity (Wildman–Crippen MR) is 53.0 cm³/mol. The summed E-state index contributed by atoms with van der Waals surface area (Å²) < 4.78 is 0. The van der Waals surface area contributed by atoms with Crippen molar-refractivity contribution in [2.75, 3.05) is 6.54 Å². The second-order valence-electron chi connectivity index (χ2n) is 3.41. The molecule has 0 aliphatic carbocycles. The Kier molecular flexibility index (Phi) is 3.26. The number of hydrogen-bond donors (Lipinski definition) is 1. The molecule has 0 aromatic heterocycles. The van der Waals surface area contributed by atoms with Crippen molar-refractivity contribution in [3.8, 4) is 0 Å². The molecule has 0 amide bonds. The van der Waals surface area contributed by atoms with E-state index >= 15 is 0 Å². The minimum atomic E-state index is 0.425. The first-order valence-electron chi connectivity index (χ1n) is 4.65. The molecule has 1 aliphatic rings. The van der Waals surface area contributed by atoms with E-state index in [-0.39, 0.29) is 0 Å². The number of thioether (sulfide) groups is 1. The second-order valence-corrected chi connectivity index (χ2v) is 5.23. The van der Waals surface area contributed by atoms with Crippen LogP contribution in [-0.2, 0) is 0 Å². The van der Waals surface area contributed by atoms with E-state index in [0.29, 0.717) is 4.87 Å². The van der Waals surface area contributed by atoms with Gasteiger partial charge in [-0.1, -0.05) is 27.2 Å². The third kappa shape index (κ3) is 2.12. The van der Waals surface area contributed by atoms with Crippen molar-refractivity contribution in [1.82, 2.24) is 5.32 Å². The zero-order chi connectivity index (χ0) is 8.32. The molecule has 1 nitrogen and oxygen atoms in total. The quantitative estimate of drug-likeness (QED) is 0.704. The van der Waals surface area contributed by atoms with Gasteiger partial charge in [-0.25, -0.2) is 0 Å². The third-order valence-electron chi connectivity index (χ3n) is 2.36. The third-order valence-corrected chi connectivity index (χ3v) is 4.02. The van der Waals surface area contributed by atoms with Crippen LogP contribution in [0.15, 0.2) is 0 Å². The predicted octanol–water partition coefficient (Wildman–Crippen LogP) is 2.62. The standard InChI is InChI=1S/C9H19NS/c1-4-6-9(5-2)10-7-8(3)11-9/h8,10H,4-7H2,1-3H3. The molecular weight excluding hydrogens is 154 g/mol. The summed E-state index contributed by atoms with van der Waals surface area (Å²) in [5.74, 6) is 0. The lowest BCUT2D eigenvalue weighted by Crippen LogP contribution is -2.36. The van der Waals surface area contributed by atoms with Gasteiger partial charge in [-0.05, 0) is 12.8 Å². The van der Waals surface area contributed by atoms with Gasteiger partial charge in [-0.3, -0.25) is 0 Å². The van der Waals surface area contributed by atoms with Gasteiger partial charge in [0.05, 0.1) is 4.87 Å². The SMILES string of the molecule is CCCC1(CC)NCC(C)S1. The summed E-state index contributed by atoms with van der Waals surface area (Å²) in [7, 11) is 0. The monoisotopic (exact) mass is 173 g/mol. The fourth-order valence-electron chi connectivity index (χ4n) is 1.73. The van der Waals surface area contributed by atoms with E-state index in [1.54, 1.807) is 0 Å². The number of rotatable bonds is 3. The van der Waals surface area contributed by atoms with Gasteiger partial charge in [-0.2, -0.15) is 0 Å². The van der Waals surface area contributed by atoms with Crippen LogP contribution in [0.25, 0.3) is 0 Å². The van der Waals surface area contributed by atoms with Gasteiger partial charge in [0.1, 0.15) is 0 Å². The number of nitrogens with one attached hydrogen (secondary N) is 1. The van der Waals surface area contributed by atoms with E-state index < -0.39 is 0 Å². The minimum absolute atomic E-state index is 0.425. The van der Waals surface area contributed by atoms with Crippen LogP contribution in [0.4, 0.5) is 0 Å². The first-order valence-corrected chi connectivity index (χ1v) is 5.53. The number of hydrogen-bond acceptors (Lipinski definition) is 2. The lowest BCUT2D eigenvalue weighted by Gasteiger charge is -2.26. The zero-order valence-corrected chi connectivity index (χ0v) is 8.63. The van der Waals surface area contributed by atoms with Crippen molar-refractivity contribution in [1.29, 1.82) is 0 Å². The highest BCUT2D eigenvalue weighted by Crippen LogP contribution is 2.38. The summed E-state index contributed by atoms with van der Waals surface area (Å²) in [6.45, 7) is 8.06. The van der Waals surface area contributed by atoms with Gasteiger partial charge in [0.15, 0.2) is 0 Å². The maximum atomic E-state index is 3.63. The summed E-state index contributed by atoms with van der Waals surface area (Å²) >= 11 is 2.13. The van der Waals surface area contributed by atoms with Crippen LogP contribution in [0.2, 0.25) is 0 Å². The Morgan fingerprint density at radius 1 is 1.55 bits per heavy atom. The summed E-state index contributed by atoms with van der Waals surface area (Å²) in [5.41, 5.74) is 0. The van der Waals surface area contributed by atoms with Crippen LogP contribution in [-0.4, -0.2) is 16.7 Å². The van der Waals surface area contributed by atoms with E-state index in [2.05, 4.69) is 37.8 Å². The summed E-state index contributed by atoms with van der Waals surface area (Å²) in [6, 6.07) is 0. The molecule has 1 rings (SSSR count). The van der Waals surface area contributed by atoms with Crippen molar-refractivity contribution < 1.29 is 0 Å². The van der Waals surface area contributed by atoms with Gasteiger partial charge in [-0.15, -0.1) is 11.8 Å². The Bertz CT molecular complexity index is 123. The average Bonchev–Trinajstić information content (AvgIpc) is 2.34. The van der Waals surface area contributed by atoms with Crippen molar-refractivity contribution >= 4 is 11.8 Å². The molecule has 1 fully saturated rings. The van der Waals surface area contributed by atoms with E-state index in [4.69, 9.17) is 0 Å². The topological polar surface area (TPSA) is 12.0 Å². The Morgan fingerprint density at radius 2 is 2.27 bits per heavy atom. The lowest BCUT2D eigenvalue weighted by atomic mass is 10.1. The molecule has 0 spiro atoms. The fourth-order valence-corrected chi connectivity index (χ4v) is 3.33. The molecule has 0 bridgehead atoms. The average molecular weight is 173 g/mol. The van der Waals surface area contributed by atoms with Crippen molar-refractivity contribution in [2.24, 2.45) is 0 Å². The summed E-state index contributed by atoms with van der Waals surface area (Å²) in [6.07, 6.45) is 3.87. The highest BCUT2D eigenvalue weighted by molar-refractivity contribution is 8.01. The van der Waals surface area contributed by atoms with E-state index in [9.17, 15) is 0 Å². The van der Waals surface area contributed by atoms with Crippen molar-refractivity contribution in [3.63, 3.8) is 0 Å². The smallest absolute Gasteiger partial charge is 0.0646 e. The van der Waals surface area contributed by atoms with Crippen LogP contribution in [0, 0.1) is 0 Å². The largest absolute Gasteiger partial charge is 0.302 e. The molecule has 2 heteroatoms. The van der Waals surface area contributed by atoms with E-state index in [0.717, 1.165) is 5.25 Å². The maximum absolute atomic E-state index is 3.63. The fraction of sp³-hybridized carbons (Fsp3) is 1.00. The molecule has 0 aromatic carbocycles. The van der Waals surface area contributed by atoms with Gasteiger partial charge in [0.25, 0.3) is 0 Å². The lowest BCUT2D eigenvalue weighted by molar-refractivity contribution is 0.446. The first-order chi connectivity index (χ1) is 5.22. The molecule has 66 valence electrons.